The molecule has 6 nitrogen and oxygen atoms in total. The largest absolute Gasteiger partial charge is 0.368 e. The summed E-state index contributed by atoms with van der Waals surface area (Å²) in [6.07, 6.45) is 0. The van der Waals surface area contributed by atoms with Crippen LogP contribution in [0.15, 0.2) is 103 Å². The number of hydrogen-bond acceptors (Lipinski definition) is 3. The number of anilines is 1. The second-order valence-electron chi connectivity index (χ2n) is 11.4. The normalized spacial score (nSPS) is 17.5. The zero-order chi connectivity index (χ0) is 28.8. The predicted octanol–water partition coefficient (Wildman–Crippen LogP) is 6.43. The number of aryl methyl sites for hydroxylation is 1. The van der Waals surface area contributed by atoms with Crippen LogP contribution < -0.4 is 4.90 Å². The van der Waals surface area contributed by atoms with Crippen LogP contribution in [0.2, 0.25) is 0 Å². The summed E-state index contributed by atoms with van der Waals surface area (Å²) in [5, 5.41) is 1.06. The van der Waals surface area contributed by atoms with Gasteiger partial charge in [0.25, 0.3) is 5.91 Å². The Morgan fingerprint density at radius 1 is 0.810 bits per heavy atom. The van der Waals surface area contributed by atoms with Gasteiger partial charge in [-0.05, 0) is 49.2 Å². The SMILES string of the molecule is Cc1ccc(-c2[nH]c3ccccc3c2C2c3ccccc3C(=O)N2C(C)C(=O)N2CCN(c3ccccc3)CC2)cc1. The summed E-state index contributed by atoms with van der Waals surface area (Å²) in [6, 6.07) is 33.8. The van der Waals surface area contributed by atoms with Gasteiger partial charge in [-0.1, -0.05) is 84.4 Å². The molecule has 0 aliphatic carbocycles. The first-order valence-corrected chi connectivity index (χ1v) is 14.7. The molecule has 2 aliphatic heterocycles. The lowest BCUT2D eigenvalue weighted by molar-refractivity contribution is -0.136. The van der Waals surface area contributed by atoms with Gasteiger partial charge in [-0.25, -0.2) is 0 Å². The smallest absolute Gasteiger partial charge is 0.255 e. The van der Waals surface area contributed by atoms with Crippen molar-refractivity contribution >= 4 is 28.4 Å². The van der Waals surface area contributed by atoms with Gasteiger partial charge >= 0.3 is 0 Å². The zero-order valence-electron chi connectivity index (χ0n) is 24.0. The van der Waals surface area contributed by atoms with Crippen molar-refractivity contribution in [3.63, 3.8) is 0 Å². The number of H-pyrrole nitrogens is 1. The van der Waals surface area contributed by atoms with E-state index in [1.165, 1.54) is 11.3 Å². The number of nitrogens with zero attached hydrogens (tertiary/aromatic N) is 3. The molecule has 210 valence electrons. The Kier molecular flexibility index (Phi) is 6.54. The van der Waals surface area contributed by atoms with E-state index in [4.69, 9.17) is 0 Å². The molecule has 3 heterocycles. The van der Waals surface area contributed by atoms with E-state index in [9.17, 15) is 9.59 Å². The number of carbonyl (C=O) groups excluding carboxylic acids is 2. The predicted molar refractivity (Wildman–Crippen MR) is 168 cm³/mol. The average Bonchev–Trinajstić information content (AvgIpc) is 3.56. The van der Waals surface area contributed by atoms with Gasteiger partial charge in [0.15, 0.2) is 0 Å². The van der Waals surface area contributed by atoms with Crippen LogP contribution in [0.4, 0.5) is 5.69 Å². The number of carbonyl (C=O) groups is 2. The number of para-hydroxylation sites is 2. The lowest BCUT2D eigenvalue weighted by atomic mass is 9.92. The molecular weight excluding hydrogens is 520 g/mol. The lowest BCUT2D eigenvalue weighted by Crippen LogP contribution is -2.55. The van der Waals surface area contributed by atoms with Gasteiger partial charge in [-0.15, -0.1) is 0 Å². The van der Waals surface area contributed by atoms with Gasteiger partial charge in [0.1, 0.15) is 6.04 Å². The second kappa shape index (κ2) is 10.5. The molecule has 6 heteroatoms. The topological polar surface area (TPSA) is 59.7 Å². The van der Waals surface area contributed by atoms with Gasteiger partial charge in [-0.2, -0.15) is 0 Å². The number of amides is 2. The minimum atomic E-state index is -0.627. The van der Waals surface area contributed by atoms with Crippen molar-refractivity contribution in [3.05, 3.63) is 125 Å². The van der Waals surface area contributed by atoms with Gasteiger partial charge in [-0.3, -0.25) is 9.59 Å². The Bertz CT molecular complexity index is 1770. The third kappa shape index (κ3) is 4.35. The molecule has 2 amide bonds. The summed E-state index contributed by atoms with van der Waals surface area (Å²) in [5.74, 6) is -0.106. The highest BCUT2D eigenvalue weighted by atomic mass is 16.2. The summed E-state index contributed by atoms with van der Waals surface area (Å²) in [6.45, 7) is 6.75. The molecule has 0 spiro atoms. The van der Waals surface area contributed by atoms with Crippen LogP contribution >= 0.6 is 0 Å². The first kappa shape index (κ1) is 26.1. The fourth-order valence-corrected chi connectivity index (χ4v) is 6.63. The molecule has 2 unspecified atom stereocenters. The van der Waals surface area contributed by atoms with Gasteiger partial charge < -0.3 is 19.7 Å². The molecule has 0 bridgehead atoms. The zero-order valence-corrected chi connectivity index (χ0v) is 24.0. The quantitative estimate of drug-likeness (QED) is 0.273. The minimum Gasteiger partial charge on any atom is -0.368 e. The van der Waals surface area contributed by atoms with Gasteiger partial charge in [0.05, 0.1) is 11.7 Å². The van der Waals surface area contributed by atoms with E-state index >= 15 is 0 Å². The van der Waals surface area contributed by atoms with E-state index < -0.39 is 12.1 Å². The first-order chi connectivity index (χ1) is 20.5. The molecule has 4 aromatic carbocycles. The Morgan fingerprint density at radius 3 is 2.24 bits per heavy atom. The first-order valence-electron chi connectivity index (χ1n) is 14.7. The summed E-state index contributed by atoms with van der Waals surface area (Å²) in [4.78, 5) is 38.0. The Labute approximate surface area is 246 Å². The number of aromatic nitrogens is 1. The number of hydrogen-bond donors (Lipinski definition) is 1. The van der Waals surface area contributed by atoms with Crippen molar-refractivity contribution < 1.29 is 9.59 Å². The van der Waals surface area contributed by atoms with Crippen molar-refractivity contribution in [2.45, 2.75) is 25.9 Å². The van der Waals surface area contributed by atoms with Crippen molar-refractivity contribution in [3.8, 4) is 11.3 Å². The van der Waals surface area contributed by atoms with E-state index in [0.717, 1.165) is 46.4 Å². The fraction of sp³-hybridized carbons (Fsp3) is 0.222. The van der Waals surface area contributed by atoms with E-state index in [1.54, 1.807) is 0 Å². The highest BCUT2D eigenvalue weighted by Crippen LogP contribution is 2.46. The van der Waals surface area contributed by atoms with Crippen LogP contribution in [0.5, 0.6) is 0 Å². The van der Waals surface area contributed by atoms with Crippen LogP contribution in [0.25, 0.3) is 22.2 Å². The van der Waals surface area contributed by atoms with E-state index in [2.05, 4.69) is 65.3 Å². The van der Waals surface area contributed by atoms with E-state index in [-0.39, 0.29) is 11.8 Å². The molecule has 2 aliphatic rings. The highest BCUT2D eigenvalue weighted by Gasteiger charge is 2.45. The van der Waals surface area contributed by atoms with E-state index in [1.807, 2.05) is 71.3 Å². The molecule has 7 rings (SSSR count). The molecular formula is C36H34N4O2. The molecule has 1 aromatic heterocycles. The van der Waals surface area contributed by atoms with Crippen molar-refractivity contribution in [2.75, 3.05) is 31.1 Å². The molecule has 1 fully saturated rings. The number of fused-ring (bicyclic) bond motifs is 2. The molecule has 1 saturated heterocycles. The Morgan fingerprint density at radius 2 is 1.48 bits per heavy atom. The second-order valence-corrected chi connectivity index (χ2v) is 11.4. The maximum absolute atomic E-state index is 14.1. The van der Waals surface area contributed by atoms with Crippen molar-refractivity contribution in [1.82, 2.24) is 14.8 Å². The number of rotatable bonds is 5. The van der Waals surface area contributed by atoms with Crippen LogP contribution in [0.1, 0.15) is 40.0 Å². The highest BCUT2D eigenvalue weighted by molar-refractivity contribution is 6.04. The maximum atomic E-state index is 14.1. The monoisotopic (exact) mass is 554 g/mol. The average molecular weight is 555 g/mol. The Hall–Kier alpha value is -4.84. The molecule has 0 radical (unpaired) electrons. The molecule has 0 saturated carbocycles. The molecule has 1 N–H and O–H groups in total. The summed E-state index contributed by atoms with van der Waals surface area (Å²) >= 11 is 0. The number of benzene rings is 4. The van der Waals surface area contributed by atoms with Crippen molar-refractivity contribution in [2.24, 2.45) is 0 Å². The molecule has 2 atom stereocenters. The number of piperazine rings is 1. The third-order valence-electron chi connectivity index (χ3n) is 8.85. The lowest BCUT2D eigenvalue weighted by Gasteiger charge is -2.39. The fourth-order valence-electron chi connectivity index (χ4n) is 6.63. The number of nitrogens with one attached hydrogen (secondary N) is 1. The van der Waals surface area contributed by atoms with Gasteiger partial charge in [0, 0.05) is 53.9 Å². The van der Waals surface area contributed by atoms with Crippen LogP contribution in [0, 0.1) is 6.92 Å². The summed E-state index contributed by atoms with van der Waals surface area (Å²) in [7, 11) is 0. The molecule has 42 heavy (non-hydrogen) atoms. The van der Waals surface area contributed by atoms with Crippen LogP contribution in [0.3, 0.4) is 0 Å². The molecule has 5 aromatic rings. The van der Waals surface area contributed by atoms with E-state index in [0.29, 0.717) is 18.7 Å². The summed E-state index contributed by atoms with van der Waals surface area (Å²) in [5.41, 5.74) is 8.03. The van der Waals surface area contributed by atoms with Crippen molar-refractivity contribution in [1.29, 1.82) is 0 Å². The maximum Gasteiger partial charge on any atom is 0.255 e. The minimum absolute atomic E-state index is 0.00871. The van der Waals surface area contributed by atoms with Crippen LogP contribution in [-0.4, -0.2) is 58.8 Å². The standard InChI is InChI=1S/C36H34N4O2/c1-24-16-18-26(19-17-24)33-32(30-14-8-9-15-31(30)37-33)34-28-12-6-7-13-29(28)36(42)40(34)25(2)35(41)39-22-20-38(21-23-39)27-10-4-3-5-11-27/h3-19,25,34,37H,20-23H2,1-2H3. The van der Waals surface area contributed by atoms with Gasteiger partial charge in [0.2, 0.25) is 5.91 Å². The third-order valence-corrected chi connectivity index (χ3v) is 8.85. The Balaban J connectivity index is 1.27. The summed E-state index contributed by atoms with van der Waals surface area (Å²) < 4.78 is 0. The number of aromatic amines is 1. The van der Waals surface area contributed by atoms with Crippen LogP contribution in [-0.2, 0) is 4.79 Å².